The van der Waals surface area contributed by atoms with E-state index >= 15 is 0 Å². The van der Waals surface area contributed by atoms with E-state index in [4.69, 9.17) is 5.11 Å². The van der Waals surface area contributed by atoms with Crippen molar-refractivity contribution in [2.24, 2.45) is 5.92 Å². The third kappa shape index (κ3) is 4.53. The number of hydrogen-bond donors (Lipinski definition) is 2. The zero-order valence-corrected chi connectivity index (χ0v) is 14.8. The molecule has 2 rings (SSSR count). The summed E-state index contributed by atoms with van der Waals surface area (Å²) in [6.45, 7) is 5.13. The number of carbonyl (C=O) groups is 3. The molecule has 132 valence electrons. The fraction of sp³-hybridized carbons (Fsp3) is 0.625. The van der Waals surface area contributed by atoms with Crippen molar-refractivity contribution < 1.29 is 19.5 Å². The lowest BCUT2D eigenvalue weighted by molar-refractivity contribution is -0.135. The van der Waals surface area contributed by atoms with Crippen LogP contribution < -0.4 is 5.32 Å². The van der Waals surface area contributed by atoms with E-state index in [0.717, 1.165) is 30.7 Å². The lowest BCUT2D eigenvalue weighted by Crippen LogP contribution is -2.45. The SMILES string of the molecule is CCC(=O)N1CCCC(C(=O)NCCc2nc(C)c(C(=O)O)s2)C1. The highest BCUT2D eigenvalue weighted by Gasteiger charge is 2.27. The molecule has 1 aromatic rings. The van der Waals surface area contributed by atoms with E-state index in [2.05, 4.69) is 10.3 Å². The van der Waals surface area contributed by atoms with E-state index in [1.54, 1.807) is 11.8 Å². The van der Waals surface area contributed by atoms with E-state index in [-0.39, 0.29) is 22.6 Å². The van der Waals surface area contributed by atoms with Crippen LogP contribution in [-0.2, 0) is 16.0 Å². The van der Waals surface area contributed by atoms with Crippen LogP contribution in [0.2, 0.25) is 0 Å². The monoisotopic (exact) mass is 353 g/mol. The summed E-state index contributed by atoms with van der Waals surface area (Å²) in [5.74, 6) is -1.09. The summed E-state index contributed by atoms with van der Waals surface area (Å²) in [7, 11) is 0. The quantitative estimate of drug-likeness (QED) is 0.806. The molecule has 0 saturated carbocycles. The Bertz CT molecular complexity index is 629. The highest BCUT2D eigenvalue weighted by Crippen LogP contribution is 2.19. The number of nitrogens with one attached hydrogen (secondary N) is 1. The lowest BCUT2D eigenvalue weighted by Gasteiger charge is -2.31. The summed E-state index contributed by atoms with van der Waals surface area (Å²) in [6, 6.07) is 0. The Hall–Kier alpha value is -1.96. The van der Waals surface area contributed by atoms with Crippen molar-refractivity contribution in [1.29, 1.82) is 0 Å². The van der Waals surface area contributed by atoms with Crippen LogP contribution >= 0.6 is 11.3 Å². The van der Waals surface area contributed by atoms with Crippen LogP contribution in [0.3, 0.4) is 0 Å². The molecule has 7 nitrogen and oxygen atoms in total. The van der Waals surface area contributed by atoms with Crippen LogP contribution in [0.1, 0.15) is 46.6 Å². The van der Waals surface area contributed by atoms with Gasteiger partial charge in [0.25, 0.3) is 0 Å². The van der Waals surface area contributed by atoms with E-state index < -0.39 is 5.97 Å². The molecule has 2 heterocycles. The topological polar surface area (TPSA) is 99.6 Å². The first-order valence-electron chi connectivity index (χ1n) is 8.17. The zero-order valence-electron chi connectivity index (χ0n) is 14.0. The fourth-order valence-electron chi connectivity index (χ4n) is 2.84. The van der Waals surface area contributed by atoms with Gasteiger partial charge in [-0.1, -0.05) is 6.92 Å². The molecular formula is C16H23N3O4S. The third-order valence-corrected chi connectivity index (χ3v) is 5.33. The molecule has 1 aromatic heterocycles. The number of carboxylic acid groups (broad SMARTS) is 1. The first-order chi connectivity index (χ1) is 11.4. The number of amides is 2. The van der Waals surface area contributed by atoms with Gasteiger partial charge in [0.05, 0.1) is 16.6 Å². The molecule has 1 fully saturated rings. The first kappa shape index (κ1) is 18.4. The Morgan fingerprint density at radius 1 is 1.42 bits per heavy atom. The van der Waals surface area contributed by atoms with Crippen LogP contribution in [0.5, 0.6) is 0 Å². The molecule has 1 saturated heterocycles. The second kappa shape index (κ2) is 8.23. The summed E-state index contributed by atoms with van der Waals surface area (Å²) >= 11 is 1.15. The van der Waals surface area contributed by atoms with Gasteiger partial charge in [-0.25, -0.2) is 9.78 Å². The highest BCUT2D eigenvalue weighted by atomic mass is 32.1. The van der Waals surface area contributed by atoms with E-state index in [1.807, 2.05) is 6.92 Å². The molecule has 1 unspecified atom stereocenters. The molecule has 2 N–H and O–H groups in total. The standard InChI is InChI=1S/C16H23N3O4S/c1-3-13(20)19-8-4-5-11(9-19)15(21)17-7-6-12-18-10(2)14(24-12)16(22)23/h11H,3-9H2,1-2H3,(H,17,21)(H,22,23). The predicted octanol–water partition coefficient (Wildman–Crippen LogP) is 1.46. The predicted molar refractivity (Wildman–Crippen MR) is 90.1 cm³/mol. The van der Waals surface area contributed by atoms with Crippen LogP contribution in [0, 0.1) is 12.8 Å². The number of nitrogens with zero attached hydrogens (tertiary/aromatic N) is 2. The van der Waals surface area contributed by atoms with Gasteiger partial charge in [0, 0.05) is 32.5 Å². The summed E-state index contributed by atoms with van der Waals surface area (Å²) < 4.78 is 0. The van der Waals surface area contributed by atoms with Gasteiger partial charge < -0.3 is 15.3 Å². The first-order valence-corrected chi connectivity index (χ1v) is 8.99. The number of piperidine rings is 1. The van der Waals surface area contributed by atoms with E-state index in [9.17, 15) is 14.4 Å². The fourth-order valence-corrected chi connectivity index (χ4v) is 3.74. The van der Waals surface area contributed by atoms with Crippen molar-refractivity contribution >= 4 is 29.1 Å². The average Bonchev–Trinajstić information content (AvgIpc) is 2.95. The van der Waals surface area contributed by atoms with Crippen molar-refractivity contribution in [3.05, 3.63) is 15.6 Å². The van der Waals surface area contributed by atoms with E-state index in [1.165, 1.54) is 0 Å². The second-order valence-electron chi connectivity index (χ2n) is 5.90. The maximum atomic E-state index is 12.3. The summed E-state index contributed by atoms with van der Waals surface area (Å²) in [5, 5.41) is 12.6. The minimum absolute atomic E-state index is 0.0460. The van der Waals surface area contributed by atoms with Crippen molar-refractivity contribution in [1.82, 2.24) is 15.2 Å². The molecule has 0 bridgehead atoms. The van der Waals surface area contributed by atoms with Gasteiger partial charge in [-0.15, -0.1) is 11.3 Å². The van der Waals surface area contributed by atoms with Crippen LogP contribution in [0.25, 0.3) is 0 Å². The summed E-state index contributed by atoms with van der Waals surface area (Å²) in [5.41, 5.74) is 0.509. The molecule has 8 heteroatoms. The molecule has 0 spiro atoms. The van der Waals surface area contributed by atoms with Gasteiger partial charge >= 0.3 is 5.97 Å². The summed E-state index contributed by atoms with van der Waals surface area (Å²) in [6.07, 6.45) is 2.61. The maximum Gasteiger partial charge on any atom is 0.347 e. The van der Waals surface area contributed by atoms with E-state index in [0.29, 0.717) is 36.6 Å². The van der Waals surface area contributed by atoms with Crippen molar-refractivity contribution in [3.63, 3.8) is 0 Å². The van der Waals surface area contributed by atoms with Crippen molar-refractivity contribution in [2.75, 3.05) is 19.6 Å². The number of thiazole rings is 1. The minimum Gasteiger partial charge on any atom is -0.477 e. The van der Waals surface area contributed by atoms with Gasteiger partial charge in [-0.3, -0.25) is 9.59 Å². The lowest BCUT2D eigenvalue weighted by atomic mass is 9.97. The second-order valence-corrected chi connectivity index (χ2v) is 6.98. The Morgan fingerprint density at radius 2 is 2.17 bits per heavy atom. The number of hydrogen-bond acceptors (Lipinski definition) is 5. The van der Waals surface area contributed by atoms with Crippen LogP contribution in [0.4, 0.5) is 0 Å². The number of aromatic nitrogens is 1. The molecule has 1 atom stereocenters. The molecule has 0 radical (unpaired) electrons. The summed E-state index contributed by atoms with van der Waals surface area (Å²) in [4.78, 5) is 41.3. The molecule has 1 aliphatic heterocycles. The Kier molecular flexibility index (Phi) is 6.30. The van der Waals surface area contributed by atoms with Gasteiger partial charge in [0.2, 0.25) is 11.8 Å². The number of aromatic carboxylic acids is 1. The van der Waals surface area contributed by atoms with Crippen LogP contribution in [0.15, 0.2) is 0 Å². The molecule has 0 aliphatic carbocycles. The van der Waals surface area contributed by atoms with Crippen molar-refractivity contribution in [2.45, 2.75) is 39.5 Å². The smallest absolute Gasteiger partial charge is 0.347 e. The molecule has 0 aromatic carbocycles. The number of rotatable bonds is 6. The normalized spacial score (nSPS) is 17.6. The number of carbonyl (C=O) groups excluding carboxylic acids is 2. The van der Waals surface area contributed by atoms with Gasteiger partial charge in [-0.2, -0.15) is 0 Å². The number of carboxylic acids is 1. The van der Waals surface area contributed by atoms with Gasteiger partial charge in [0.15, 0.2) is 0 Å². The Labute approximate surface area is 145 Å². The average molecular weight is 353 g/mol. The molecule has 24 heavy (non-hydrogen) atoms. The molecule has 1 aliphatic rings. The van der Waals surface area contributed by atoms with Gasteiger partial charge in [-0.05, 0) is 19.8 Å². The van der Waals surface area contributed by atoms with Gasteiger partial charge in [0.1, 0.15) is 4.88 Å². The number of likely N-dealkylation sites (tertiary alicyclic amines) is 1. The highest BCUT2D eigenvalue weighted by molar-refractivity contribution is 7.13. The maximum absolute atomic E-state index is 12.3. The zero-order chi connectivity index (χ0) is 17.7. The van der Waals surface area contributed by atoms with Crippen molar-refractivity contribution in [3.8, 4) is 0 Å². The molecule has 2 amide bonds. The Balaban J connectivity index is 1.81. The minimum atomic E-state index is -0.969. The molecular weight excluding hydrogens is 330 g/mol. The number of aryl methyl sites for hydroxylation is 1. The largest absolute Gasteiger partial charge is 0.477 e. The third-order valence-electron chi connectivity index (χ3n) is 4.12. The Morgan fingerprint density at radius 3 is 2.79 bits per heavy atom. The van der Waals surface area contributed by atoms with Crippen LogP contribution in [-0.4, -0.2) is 52.4 Å².